The first kappa shape index (κ1) is 20.3. The van der Waals surface area contributed by atoms with E-state index in [2.05, 4.69) is 42.4 Å². The summed E-state index contributed by atoms with van der Waals surface area (Å²) in [5, 5.41) is 25.0. The molecule has 0 saturated heterocycles. The quantitative estimate of drug-likeness (QED) is 0.358. The summed E-state index contributed by atoms with van der Waals surface area (Å²) in [7, 11) is 0. The Morgan fingerprint density at radius 3 is 1.86 bits per heavy atom. The van der Waals surface area contributed by atoms with Crippen LogP contribution in [0.5, 0.6) is 5.75 Å². The van der Waals surface area contributed by atoms with Crippen molar-refractivity contribution in [1.29, 1.82) is 0 Å². The molecule has 3 N–H and O–H groups in total. The number of nitrogens with one attached hydrogen (secondary N) is 1. The second-order valence-corrected chi connectivity index (χ2v) is 7.68. The maximum atomic E-state index is 12.9. The van der Waals surface area contributed by atoms with Gasteiger partial charge in [0.05, 0.1) is 15.2 Å². The van der Waals surface area contributed by atoms with Gasteiger partial charge in [0, 0.05) is 0 Å². The number of aromatic hydroxyl groups is 1. The molecule has 0 heterocycles. The molecule has 0 atom stereocenters. The van der Waals surface area contributed by atoms with E-state index in [9.17, 15) is 15.0 Å². The van der Waals surface area contributed by atoms with Crippen molar-refractivity contribution < 1.29 is 15.0 Å². The van der Waals surface area contributed by atoms with E-state index in [0.717, 1.165) is 0 Å². The van der Waals surface area contributed by atoms with E-state index >= 15 is 0 Å². The summed E-state index contributed by atoms with van der Waals surface area (Å²) in [5.41, 5.74) is 2.02. The van der Waals surface area contributed by atoms with Crippen LogP contribution in [0, 0.1) is 0 Å². The van der Waals surface area contributed by atoms with Crippen molar-refractivity contribution in [2.45, 2.75) is 5.60 Å². The lowest BCUT2D eigenvalue weighted by atomic mass is 9.85. The molecule has 0 unspecified atom stereocenters. The minimum atomic E-state index is -1.89. The molecular formula is C21H16Br2N2O3. The molecule has 0 bridgehead atoms. The van der Waals surface area contributed by atoms with Crippen LogP contribution in [-0.2, 0) is 10.4 Å². The number of rotatable bonds is 5. The van der Waals surface area contributed by atoms with Crippen molar-refractivity contribution in [3.05, 3.63) is 98.4 Å². The fraction of sp³-hybridized carbons (Fsp3) is 0.0476. The summed E-state index contributed by atoms with van der Waals surface area (Å²) < 4.78 is 0.972. The molecule has 0 fully saturated rings. The Hall–Kier alpha value is -2.48. The lowest BCUT2D eigenvalue weighted by Crippen LogP contribution is -2.43. The zero-order valence-electron chi connectivity index (χ0n) is 14.5. The molecule has 0 radical (unpaired) electrons. The van der Waals surface area contributed by atoms with Gasteiger partial charge in [-0.15, -0.1) is 0 Å². The topological polar surface area (TPSA) is 81.9 Å². The second-order valence-electron chi connectivity index (χ2n) is 5.97. The highest BCUT2D eigenvalue weighted by Gasteiger charge is 2.39. The van der Waals surface area contributed by atoms with Gasteiger partial charge >= 0.3 is 0 Å². The van der Waals surface area contributed by atoms with Gasteiger partial charge in [0.25, 0.3) is 5.91 Å². The first-order valence-corrected chi connectivity index (χ1v) is 9.86. The van der Waals surface area contributed by atoms with Crippen LogP contribution in [-0.4, -0.2) is 22.3 Å². The molecule has 28 heavy (non-hydrogen) atoms. The average Bonchev–Trinajstić information content (AvgIpc) is 2.72. The Bertz CT molecular complexity index is 946. The zero-order chi connectivity index (χ0) is 20.1. The largest absolute Gasteiger partial charge is 0.506 e. The molecule has 0 saturated carbocycles. The third-order valence-corrected chi connectivity index (χ3v) is 5.34. The number of carbonyl (C=O) groups excluding carboxylic acids is 1. The molecular weight excluding hydrogens is 488 g/mol. The normalized spacial score (nSPS) is 11.5. The number of phenols is 1. The van der Waals surface area contributed by atoms with Gasteiger partial charge in [0.2, 0.25) is 0 Å². The van der Waals surface area contributed by atoms with Crippen molar-refractivity contribution in [3.63, 3.8) is 0 Å². The number of amides is 1. The van der Waals surface area contributed by atoms with Crippen LogP contribution in [0.2, 0.25) is 0 Å². The highest BCUT2D eigenvalue weighted by atomic mass is 79.9. The molecule has 142 valence electrons. The Kier molecular flexibility index (Phi) is 6.28. The lowest BCUT2D eigenvalue weighted by Gasteiger charge is -2.27. The van der Waals surface area contributed by atoms with Gasteiger partial charge in [-0.3, -0.25) is 4.79 Å². The number of hydrogen-bond donors (Lipinski definition) is 3. The third kappa shape index (κ3) is 4.16. The predicted octanol–water partition coefficient (Wildman–Crippen LogP) is 4.30. The van der Waals surface area contributed by atoms with E-state index in [-0.39, 0.29) is 5.75 Å². The van der Waals surface area contributed by atoms with E-state index in [1.807, 2.05) is 12.1 Å². The van der Waals surface area contributed by atoms with E-state index < -0.39 is 11.5 Å². The molecule has 0 spiro atoms. The van der Waals surface area contributed by atoms with Gasteiger partial charge in [-0.05, 0) is 60.7 Å². The summed E-state index contributed by atoms with van der Waals surface area (Å²) in [6.07, 6.45) is 1.42. The Morgan fingerprint density at radius 1 is 0.929 bits per heavy atom. The molecule has 0 aliphatic carbocycles. The maximum Gasteiger partial charge on any atom is 0.281 e. The first-order valence-electron chi connectivity index (χ1n) is 8.28. The molecule has 0 aliphatic heterocycles. The van der Waals surface area contributed by atoms with Crippen molar-refractivity contribution >= 4 is 44.0 Å². The molecule has 0 aliphatic rings. The van der Waals surface area contributed by atoms with Gasteiger partial charge in [-0.2, -0.15) is 5.10 Å². The van der Waals surface area contributed by atoms with Gasteiger partial charge in [0.15, 0.2) is 5.60 Å². The van der Waals surface area contributed by atoms with Crippen molar-refractivity contribution in [2.24, 2.45) is 5.10 Å². The molecule has 3 rings (SSSR count). The number of halogens is 2. The SMILES string of the molecule is O=C(NN=Cc1cc(Br)c(O)c(Br)c1)C(O)(c1ccccc1)c1ccccc1. The van der Waals surface area contributed by atoms with Gasteiger partial charge in [0.1, 0.15) is 5.75 Å². The van der Waals surface area contributed by atoms with E-state index in [4.69, 9.17) is 0 Å². The second kappa shape index (κ2) is 8.68. The highest BCUT2D eigenvalue weighted by molar-refractivity contribution is 9.11. The number of benzene rings is 3. The number of phenolic OH excluding ortho intramolecular Hbond substituents is 1. The van der Waals surface area contributed by atoms with Crippen LogP contribution in [0.15, 0.2) is 86.8 Å². The number of nitrogens with zero attached hydrogens (tertiary/aromatic N) is 1. The minimum absolute atomic E-state index is 0.0729. The smallest absolute Gasteiger partial charge is 0.281 e. The van der Waals surface area contributed by atoms with Crippen LogP contribution in [0.1, 0.15) is 16.7 Å². The molecule has 3 aromatic rings. The summed E-state index contributed by atoms with van der Waals surface area (Å²) in [4.78, 5) is 12.9. The monoisotopic (exact) mass is 502 g/mol. The lowest BCUT2D eigenvalue weighted by molar-refractivity contribution is -0.136. The molecule has 0 aromatic heterocycles. The fourth-order valence-corrected chi connectivity index (χ4v) is 3.92. The van der Waals surface area contributed by atoms with E-state index in [0.29, 0.717) is 25.6 Å². The van der Waals surface area contributed by atoms with Crippen LogP contribution in [0.3, 0.4) is 0 Å². The first-order chi connectivity index (χ1) is 13.4. The Morgan fingerprint density at radius 2 is 1.39 bits per heavy atom. The van der Waals surface area contributed by atoms with Gasteiger partial charge in [-0.25, -0.2) is 5.43 Å². The third-order valence-electron chi connectivity index (χ3n) is 4.13. The minimum Gasteiger partial charge on any atom is -0.506 e. The standard InChI is InChI=1S/C21H16Br2N2O3/c22-17-11-14(12-18(23)19(17)26)13-24-25-20(27)21(28,15-7-3-1-4-8-15)16-9-5-2-6-10-16/h1-13,26,28H,(H,25,27). The van der Waals surface area contributed by atoms with Crippen molar-refractivity contribution in [3.8, 4) is 5.75 Å². The summed E-state index contributed by atoms with van der Waals surface area (Å²) in [5.74, 6) is -0.609. The van der Waals surface area contributed by atoms with Crippen LogP contribution in [0.4, 0.5) is 0 Å². The Labute approximate surface area is 179 Å². The van der Waals surface area contributed by atoms with Crippen LogP contribution in [0.25, 0.3) is 0 Å². The predicted molar refractivity (Wildman–Crippen MR) is 115 cm³/mol. The van der Waals surface area contributed by atoms with Crippen molar-refractivity contribution in [1.82, 2.24) is 5.43 Å². The maximum absolute atomic E-state index is 12.9. The molecule has 1 amide bonds. The van der Waals surface area contributed by atoms with Crippen LogP contribution >= 0.6 is 31.9 Å². The average molecular weight is 504 g/mol. The summed E-state index contributed by atoms with van der Waals surface area (Å²) >= 11 is 6.48. The number of hydrogen-bond acceptors (Lipinski definition) is 4. The fourth-order valence-electron chi connectivity index (χ4n) is 2.69. The highest BCUT2D eigenvalue weighted by Crippen LogP contribution is 2.33. The van der Waals surface area contributed by atoms with Gasteiger partial charge < -0.3 is 10.2 Å². The van der Waals surface area contributed by atoms with Crippen LogP contribution < -0.4 is 5.43 Å². The van der Waals surface area contributed by atoms with Crippen molar-refractivity contribution in [2.75, 3.05) is 0 Å². The molecule has 3 aromatic carbocycles. The number of aliphatic hydroxyl groups is 1. The zero-order valence-corrected chi connectivity index (χ0v) is 17.7. The molecule has 5 nitrogen and oxygen atoms in total. The van der Waals surface area contributed by atoms with E-state index in [1.54, 1.807) is 60.7 Å². The molecule has 7 heteroatoms. The summed E-state index contributed by atoms with van der Waals surface area (Å²) in [6.45, 7) is 0. The van der Waals surface area contributed by atoms with Gasteiger partial charge in [-0.1, -0.05) is 60.7 Å². The Balaban J connectivity index is 1.89. The van der Waals surface area contributed by atoms with E-state index in [1.165, 1.54) is 6.21 Å². The number of hydrazone groups is 1. The number of carbonyl (C=O) groups is 1. The summed E-state index contributed by atoms with van der Waals surface area (Å²) in [6, 6.07) is 20.7.